The lowest BCUT2D eigenvalue weighted by Gasteiger charge is -2.24. The molecule has 0 spiro atoms. The molecule has 0 radical (unpaired) electrons. The summed E-state index contributed by atoms with van der Waals surface area (Å²) in [6.45, 7) is 4.13. The van der Waals surface area contributed by atoms with Crippen molar-refractivity contribution < 1.29 is 9.47 Å². The first-order valence-corrected chi connectivity index (χ1v) is 6.78. The summed E-state index contributed by atoms with van der Waals surface area (Å²) in [7, 11) is 0. The summed E-state index contributed by atoms with van der Waals surface area (Å²) < 4.78 is 13.2. The van der Waals surface area contributed by atoms with E-state index in [4.69, 9.17) is 15.2 Å². The lowest BCUT2D eigenvalue weighted by atomic mass is 10.1. The largest absolute Gasteiger partial charge is 0.492 e. The van der Waals surface area contributed by atoms with Crippen molar-refractivity contribution in [3.8, 4) is 5.75 Å². The van der Waals surface area contributed by atoms with Crippen LogP contribution in [0.15, 0.2) is 18.2 Å². The Bertz CT molecular complexity index is 573. The molecule has 1 saturated heterocycles. The highest BCUT2D eigenvalue weighted by Crippen LogP contribution is 2.32. The number of anilines is 1. The fourth-order valence-corrected chi connectivity index (χ4v) is 2.69. The molecule has 2 heterocycles. The predicted octanol–water partition coefficient (Wildman–Crippen LogP) is 2.37. The lowest BCUT2D eigenvalue weighted by molar-refractivity contribution is 0.0611. The number of hydrogen-bond acceptors (Lipinski definition) is 4. The Labute approximate surface area is 112 Å². The highest BCUT2D eigenvalue weighted by molar-refractivity contribution is 5.84. The van der Waals surface area contributed by atoms with Gasteiger partial charge in [-0.15, -0.1) is 0 Å². The smallest absolute Gasteiger partial charge is 0.201 e. The van der Waals surface area contributed by atoms with Crippen LogP contribution < -0.4 is 10.5 Å². The Kier molecular flexibility index (Phi) is 3.29. The van der Waals surface area contributed by atoms with Crippen LogP contribution in [0.3, 0.4) is 0 Å². The van der Waals surface area contributed by atoms with Crippen LogP contribution in [0.25, 0.3) is 11.0 Å². The summed E-state index contributed by atoms with van der Waals surface area (Å²) in [4.78, 5) is 4.47. The molecule has 1 aliphatic rings. The topological polar surface area (TPSA) is 62.3 Å². The number of para-hydroxylation sites is 1. The molecule has 2 aromatic rings. The number of ether oxygens (including phenoxy) is 2. The minimum atomic E-state index is 0.274. The van der Waals surface area contributed by atoms with E-state index >= 15 is 0 Å². The van der Waals surface area contributed by atoms with E-state index in [-0.39, 0.29) is 6.04 Å². The normalized spacial score (nSPS) is 19.7. The fraction of sp³-hybridized carbons (Fsp3) is 0.500. The van der Waals surface area contributed by atoms with Crippen molar-refractivity contribution in [1.82, 2.24) is 9.55 Å². The number of imidazole rings is 1. The highest BCUT2D eigenvalue weighted by atomic mass is 16.5. The van der Waals surface area contributed by atoms with E-state index in [1.54, 1.807) is 0 Å². The van der Waals surface area contributed by atoms with E-state index in [9.17, 15) is 0 Å². The van der Waals surface area contributed by atoms with Crippen molar-refractivity contribution >= 4 is 17.0 Å². The number of fused-ring (bicyclic) bond motifs is 1. The number of rotatable bonds is 3. The van der Waals surface area contributed by atoms with E-state index in [0.29, 0.717) is 19.2 Å². The maximum atomic E-state index is 6.09. The van der Waals surface area contributed by atoms with E-state index in [1.807, 2.05) is 25.1 Å². The summed E-state index contributed by atoms with van der Waals surface area (Å²) in [5.41, 5.74) is 7.96. The second kappa shape index (κ2) is 5.09. The van der Waals surface area contributed by atoms with Gasteiger partial charge in [0, 0.05) is 6.61 Å². The molecule has 1 atom stereocenters. The van der Waals surface area contributed by atoms with Crippen LogP contribution in [0.1, 0.15) is 25.8 Å². The van der Waals surface area contributed by atoms with Gasteiger partial charge in [-0.2, -0.15) is 0 Å². The Balaban J connectivity index is 2.08. The number of nitrogen functional groups attached to an aromatic ring is 1. The predicted molar refractivity (Wildman–Crippen MR) is 74.4 cm³/mol. The van der Waals surface area contributed by atoms with E-state index in [0.717, 1.165) is 36.2 Å². The molecule has 1 aromatic heterocycles. The van der Waals surface area contributed by atoms with Crippen molar-refractivity contribution in [3.63, 3.8) is 0 Å². The van der Waals surface area contributed by atoms with Gasteiger partial charge in [0.05, 0.1) is 24.8 Å². The Morgan fingerprint density at radius 3 is 3.16 bits per heavy atom. The molecule has 5 heteroatoms. The zero-order valence-electron chi connectivity index (χ0n) is 11.1. The first-order valence-electron chi connectivity index (χ1n) is 6.78. The fourth-order valence-electron chi connectivity index (χ4n) is 2.69. The average molecular weight is 261 g/mol. The van der Waals surface area contributed by atoms with Gasteiger partial charge in [0.25, 0.3) is 0 Å². The molecule has 5 nitrogen and oxygen atoms in total. The number of nitrogens with zero attached hydrogens (tertiary/aromatic N) is 2. The molecule has 2 N–H and O–H groups in total. The molecular weight excluding hydrogens is 242 g/mol. The molecule has 19 heavy (non-hydrogen) atoms. The number of hydrogen-bond donors (Lipinski definition) is 1. The van der Waals surface area contributed by atoms with Crippen molar-refractivity contribution in [2.24, 2.45) is 0 Å². The first-order chi connectivity index (χ1) is 9.31. The molecule has 0 bridgehead atoms. The van der Waals surface area contributed by atoms with E-state index < -0.39 is 0 Å². The maximum Gasteiger partial charge on any atom is 0.201 e. The molecule has 0 saturated carbocycles. The minimum Gasteiger partial charge on any atom is -0.492 e. The van der Waals surface area contributed by atoms with Gasteiger partial charge in [-0.1, -0.05) is 6.07 Å². The standard InChI is InChI=1S/C14H19N3O2/c1-2-19-12-7-3-6-11-13(12)16-14(15)17(11)10-5-4-8-18-9-10/h3,6-7,10H,2,4-5,8-9H2,1H3,(H2,15,16). The molecule has 0 aliphatic carbocycles. The zero-order valence-corrected chi connectivity index (χ0v) is 11.1. The third-order valence-electron chi connectivity index (χ3n) is 3.51. The van der Waals surface area contributed by atoms with E-state index in [2.05, 4.69) is 9.55 Å². The molecule has 1 fully saturated rings. The van der Waals surface area contributed by atoms with Crippen LogP contribution in [-0.2, 0) is 4.74 Å². The van der Waals surface area contributed by atoms with Crippen LogP contribution in [0.4, 0.5) is 5.95 Å². The van der Waals surface area contributed by atoms with Crippen LogP contribution >= 0.6 is 0 Å². The summed E-state index contributed by atoms with van der Waals surface area (Å²) in [5.74, 6) is 1.33. The lowest BCUT2D eigenvalue weighted by Crippen LogP contribution is -2.22. The number of nitrogens with two attached hydrogens (primary N) is 1. The summed E-state index contributed by atoms with van der Waals surface area (Å²) >= 11 is 0. The third kappa shape index (κ3) is 2.14. The average Bonchev–Trinajstić information content (AvgIpc) is 2.77. The molecule has 1 unspecified atom stereocenters. The van der Waals surface area contributed by atoms with Crippen molar-refractivity contribution in [2.75, 3.05) is 25.6 Å². The molecule has 1 aromatic carbocycles. The SMILES string of the molecule is CCOc1cccc2c1nc(N)n2C1CCCOC1. The molecule has 0 amide bonds. The second-order valence-electron chi connectivity index (χ2n) is 4.77. The Morgan fingerprint density at radius 1 is 1.53 bits per heavy atom. The maximum absolute atomic E-state index is 6.09. The van der Waals surface area contributed by atoms with Crippen molar-refractivity contribution in [3.05, 3.63) is 18.2 Å². The Morgan fingerprint density at radius 2 is 2.42 bits per heavy atom. The van der Waals surface area contributed by atoms with Crippen LogP contribution in [0, 0.1) is 0 Å². The molecular formula is C14H19N3O2. The van der Waals surface area contributed by atoms with Gasteiger partial charge in [0.15, 0.2) is 0 Å². The van der Waals surface area contributed by atoms with Gasteiger partial charge in [0.1, 0.15) is 11.3 Å². The summed E-state index contributed by atoms with van der Waals surface area (Å²) in [6.07, 6.45) is 2.14. The molecule has 1 aliphatic heterocycles. The van der Waals surface area contributed by atoms with Crippen molar-refractivity contribution in [2.45, 2.75) is 25.8 Å². The highest BCUT2D eigenvalue weighted by Gasteiger charge is 2.21. The second-order valence-corrected chi connectivity index (χ2v) is 4.77. The van der Waals surface area contributed by atoms with Crippen LogP contribution in [0.2, 0.25) is 0 Å². The van der Waals surface area contributed by atoms with Crippen LogP contribution in [-0.4, -0.2) is 29.4 Å². The number of aromatic nitrogens is 2. The van der Waals surface area contributed by atoms with Gasteiger partial charge in [-0.05, 0) is 31.9 Å². The van der Waals surface area contributed by atoms with Gasteiger partial charge in [-0.25, -0.2) is 4.98 Å². The van der Waals surface area contributed by atoms with Crippen molar-refractivity contribution in [1.29, 1.82) is 0 Å². The first kappa shape index (κ1) is 12.3. The van der Waals surface area contributed by atoms with Gasteiger partial charge in [-0.3, -0.25) is 0 Å². The zero-order chi connectivity index (χ0) is 13.2. The van der Waals surface area contributed by atoms with Crippen LogP contribution in [0.5, 0.6) is 5.75 Å². The number of benzene rings is 1. The minimum absolute atomic E-state index is 0.274. The monoisotopic (exact) mass is 261 g/mol. The van der Waals surface area contributed by atoms with Gasteiger partial charge < -0.3 is 19.8 Å². The quantitative estimate of drug-likeness (QED) is 0.921. The summed E-state index contributed by atoms with van der Waals surface area (Å²) in [5, 5.41) is 0. The van der Waals surface area contributed by atoms with Gasteiger partial charge >= 0.3 is 0 Å². The van der Waals surface area contributed by atoms with Gasteiger partial charge in [0.2, 0.25) is 5.95 Å². The van der Waals surface area contributed by atoms with E-state index in [1.165, 1.54) is 0 Å². The summed E-state index contributed by atoms with van der Waals surface area (Å²) in [6, 6.07) is 6.22. The molecule has 102 valence electrons. The molecule has 3 rings (SSSR count). The third-order valence-corrected chi connectivity index (χ3v) is 3.51. The Hall–Kier alpha value is -1.75.